The standard InChI is InChI=1S/C59H43N/c1-59(2)56-37-47(46-27-25-44(26-28-46)43-23-21-42(22-24-43)40-13-5-3-6-14-40)31-35-53(56)54-36-34-50(39-57(54)59)60(49-32-29-45(30-33-49)41-15-7-4-8-16-41)58-38-48-17-9-10-18-51(48)52-19-11-12-20-55(52)58/h3-39H,1-2H3. The summed E-state index contributed by atoms with van der Waals surface area (Å²) < 4.78 is 0. The molecule has 1 nitrogen and oxygen atoms in total. The van der Waals surface area contributed by atoms with Gasteiger partial charge in [0.2, 0.25) is 0 Å². The minimum absolute atomic E-state index is 0.203. The molecule has 0 unspecified atom stereocenters. The molecule has 0 N–H and O–H groups in total. The fraction of sp³-hybridized carbons (Fsp3) is 0.0508. The third-order valence-electron chi connectivity index (χ3n) is 12.7. The summed E-state index contributed by atoms with van der Waals surface area (Å²) in [5, 5.41) is 4.98. The van der Waals surface area contributed by atoms with Crippen LogP contribution >= 0.6 is 0 Å². The molecule has 0 aromatic heterocycles. The molecule has 284 valence electrons. The average molecular weight is 766 g/mol. The zero-order valence-electron chi connectivity index (χ0n) is 33.8. The average Bonchev–Trinajstić information content (AvgIpc) is 3.54. The van der Waals surface area contributed by atoms with E-state index in [2.05, 4.69) is 243 Å². The minimum Gasteiger partial charge on any atom is -0.310 e. The van der Waals surface area contributed by atoms with Crippen LogP contribution in [-0.4, -0.2) is 0 Å². The van der Waals surface area contributed by atoms with Gasteiger partial charge in [0.1, 0.15) is 0 Å². The van der Waals surface area contributed by atoms with Crippen LogP contribution < -0.4 is 4.90 Å². The third kappa shape index (κ3) is 6.10. The highest BCUT2D eigenvalue weighted by Gasteiger charge is 2.36. The van der Waals surface area contributed by atoms with Crippen LogP contribution in [0.4, 0.5) is 17.1 Å². The molecule has 0 amide bonds. The molecule has 0 heterocycles. The maximum atomic E-state index is 2.46. The molecule has 0 fully saturated rings. The first-order valence-corrected chi connectivity index (χ1v) is 20.9. The Morgan fingerprint density at radius 1 is 0.300 bits per heavy atom. The Kier molecular flexibility index (Phi) is 8.57. The van der Waals surface area contributed by atoms with E-state index in [9.17, 15) is 0 Å². The second-order valence-electron chi connectivity index (χ2n) is 16.5. The lowest BCUT2D eigenvalue weighted by Gasteiger charge is -2.29. The summed E-state index contributed by atoms with van der Waals surface area (Å²) in [6.45, 7) is 4.77. The first kappa shape index (κ1) is 35.7. The summed E-state index contributed by atoms with van der Waals surface area (Å²) in [6.07, 6.45) is 0. The monoisotopic (exact) mass is 765 g/mol. The van der Waals surface area contributed by atoms with Crippen LogP contribution in [0.5, 0.6) is 0 Å². The molecule has 0 aliphatic heterocycles. The van der Waals surface area contributed by atoms with Gasteiger partial charge in [-0.05, 0) is 119 Å². The van der Waals surface area contributed by atoms with Gasteiger partial charge < -0.3 is 4.90 Å². The van der Waals surface area contributed by atoms with Crippen LogP contribution in [0.1, 0.15) is 25.0 Å². The maximum absolute atomic E-state index is 2.46. The van der Waals surface area contributed by atoms with Gasteiger partial charge in [0, 0.05) is 22.2 Å². The van der Waals surface area contributed by atoms with Crippen LogP contribution in [-0.2, 0) is 5.41 Å². The molecule has 60 heavy (non-hydrogen) atoms. The molecular formula is C59H43N. The number of rotatable bonds is 7. The molecule has 0 atom stereocenters. The summed E-state index contributed by atoms with van der Waals surface area (Å²) in [5.41, 5.74) is 18.4. The van der Waals surface area contributed by atoms with Gasteiger partial charge in [-0.1, -0.05) is 202 Å². The first-order valence-electron chi connectivity index (χ1n) is 20.9. The molecule has 1 heteroatoms. The number of hydrogen-bond acceptors (Lipinski definition) is 1. The van der Waals surface area contributed by atoms with Gasteiger partial charge in [-0.2, -0.15) is 0 Å². The lowest BCUT2D eigenvalue weighted by atomic mass is 9.81. The van der Waals surface area contributed by atoms with Gasteiger partial charge in [0.25, 0.3) is 0 Å². The minimum atomic E-state index is -0.203. The fourth-order valence-electron chi connectivity index (χ4n) is 9.47. The highest BCUT2D eigenvalue weighted by Crippen LogP contribution is 2.52. The Hall–Kier alpha value is -7.48. The van der Waals surface area contributed by atoms with Crippen molar-refractivity contribution in [2.45, 2.75) is 19.3 Å². The van der Waals surface area contributed by atoms with Crippen molar-refractivity contribution >= 4 is 38.6 Å². The van der Waals surface area contributed by atoms with Crippen LogP contribution in [0.2, 0.25) is 0 Å². The lowest BCUT2D eigenvalue weighted by Crippen LogP contribution is -2.17. The van der Waals surface area contributed by atoms with E-state index in [1.807, 2.05) is 0 Å². The second kappa shape index (κ2) is 14.4. The zero-order valence-corrected chi connectivity index (χ0v) is 33.8. The van der Waals surface area contributed by atoms with Crippen molar-refractivity contribution in [1.82, 2.24) is 0 Å². The van der Waals surface area contributed by atoms with Crippen molar-refractivity contribution in [1.29, 1.82) is 0 Å². The van der Waals surface area contributed by atoms with Gasteiger partial charge in [0.05, 0.1) is 5.69 Å². The van der Waals surface area contributed by atoms with Crippen molar-refractivity contribution in [3.63, 3.8) is 0 Å². The summed E-state index contributed by atoms with van der Waals surface area (Å²) in [7, 11) is 0. The summed E-state index contributed by atoms with van der Waals surface area (Å²) >= 11 is 0. The summed E-state index contributed by atoms with van der Waals surface area (Å²) in [6, 6.07) is 82.3. The zero-order chi connectivity index (χ0) is 40.2. The van der Waals surface area contributed by atoms with Crippen LogP contribution in [0.25, 0.3) is 77.2 Å². The third-order valence-corrected chi connectivity index (χ3v) is 12.7. The van der Waals surface area contributed by atoms with Crippen molar-refractivity contribution in [3.8, 4) is 55.6 Å². The van der Waals surface area contributed by atoms with Crippen molar-refractivity contribution in [3.05, 3.63) is 236 Å². The van der Waals surface area contributed by atoms with Crippen molar-refractivity contribution in [2.24, 2.45) is 0 Å². The van der Waals surface area contributed by atoms with Gasteiger partial charge in [-0.25, -0.2) is 0 Å². The SMILES string of the molecule is CC1(C)c2cc(-c3ccc(-c4ccc(-c5ccccc5)cc4)cc3)ccc2-c2ccc(N(c3ccc(-c4ccccc4)cc3)c3cc4ccccc4c4ccccc34)cc21. The van der Waals surface area contributed by atoms with Gasteiger partial charge in [-0.3, -0.25) is 0 Å². The quantitative estimate of drug-likeness (QED) is 0.146. The van der Waals surface area contributed by atoms with E-state index in [0.29, 0.717) is 0 Å². The summed E-state index contributed by atoms with van der Waals surface area (Å²) in [5.74, 6) is 0. The van der Waals surface area contributed by atoms with Gasteiger partial charge in [-0.15, -0.1) is 0 Å². The lowest BCUT2D eigenvalue weighted by molar-refractivity contribution is 0.660. The Labute approximate surface area is 352 Å². The number of benzene rings is 10. The van der Waals surface area contributed by atoms with Crippen LogP contribution in [0.15, 0.2) is 224 Å². The molecule has 10 aromatic rings. The van der Waals surface area contributed by atoms with Gasteiger partial charge in [0.15, 0.2) is 0 Å². The molecule has 1 aliphatic carbocycles. The molecule has 0 saturated heterocycles. The Morgan fingerprint density at radius 3 is 1.28 bits per heavy atom. The maximum Gasteiger partial charge on any atom is 0.0546 e. The Morgan fingerprint density at radius 2 is 0.700 bits per heavy atom. The fourth-order valence-corrected chi connectivity index (χ4v) is 9.47. The van der Waals surface area contributed by atoms with E-state index < -0.39 is 0 Å². The van der Waals surface area contributed by atoms with E-state index in [1.54, 1.807) is 0 Å². The highest BCUT2D eigenvalue weighted by molar-refractivity contribution is 6.14. The number of nitrogens with zero attached hydrogens (tertiary/aromatic N) is 1. The van der Waals surface area contributed by atoms with Crippen LogP contribution in [0.3, 0.4) is 0 Å². The predicted octanol–water partition coefficient (Wildman–Crippen LogP) is 16.4. The highest BCUT2D eigenvalue weighted by atomic mass is 15.1. The number of fused-ring (bicyclic) bond motifs is 6. The van der Waals surface area contributed by atoms with Crippen molar-refractivity contribution in [2.75, 3.05) is 4.90 Å². The Bertz CT molecular complexity index is 3180. The second-order valence-corrected chi connectivity index (χ2v) is 16.5. The Balaban J connectivity index is 0.967. The molecule has 11 rings (SSSR count). The molecule has 10 aromatic carbocycles. The number of hydrogen-bond donors (Lipinski definition) is 0. The summed E-state index contributed by atoms with van der Waals surface area (Å²) in [4.78, 5) is 2.46. The molecule has 0 spiro atoms. The molecular weight excluding hydrogens is 723 g/mol. The molecule has 0 saturated carbocycles. The topological polar surface area (TPSA) is 3.24 Å². The predicted molar refractivity (Wildman–Crippen MR) is 255 cm³/mol. The molecule has 0 radical (unpaired) electrons. The van der Waals surface area contributed by atoms with E-state index in [1.165, 1.54) is 94.0 Å². The number of anilines is 3. The van der Waals surface area contributed by atoms with E-state index in [4.69, 9.17) is 0 Å². The largest absolute Gasteiger partial charge is 0.310 e. The normalized spacial score (nSPS) is 12.6. The van der Waals surface area contributed by atoms with Crippen molar-refractivity contribution < 1.29 is 0 Å². The van der Waals surface area contributed by atoms with Crippen LogP contribution in [0, 0.1) is 0 Å². The van der Waals surface area contributed by atoms with E-state index in [-0.39, 0.29) is 5.41 Å². The van der Waals surface area contributed by atoms with E-state index >= 15 is 0 Å². The van der Waals surface area contributed by atoms with E-state index in [0.717, 1.165) is 11.4 Å². The van der Waals surface area contributed by atoms with Gasteiger partial charge >= 0.3 is 0 Å². The molecule has 1 aliphatic rings. The smallest absolute Gasteiger partial charge is 0.0546 e. The first-order chi connectivity index (χ1) is 29.5. The molecule has 0 bridgehead atoms.